The lowest BCUT2D eigenvalue weighted by Gasteiger charge is -2.07. The number of ether oxygens (including phenoxy) is 1. The summed E-state index contributed by atoms with van der Waals surface area (Å²) >= 11 is 5.65. The van der Waals surface area contributed by atoms with Crippen LogP contribution in [0.25, 0.3) is 0 Å². The number of benzene rings is 1. The first-order valence-corrected chi connectivity index (χ1v) is 6.61. The zero-order valence-electron chi connectivity index (χ0n) is 9.25. The molecule has 0 spiro atoms. The summed E-state index contributed by atoms with van der Waals surface area (Å²) in [5, 5.41) is 13.3. The average Bonchev–Trinajstić information content (AvgIpc) is 2.27. The van der Waals surface area contributed by atoms with E-state index in [2.05, 4.69) is 0 Å². The molecule has 0 fully saturated rings. The summed E-state index contributed by atoms with van der Waals surface area (Å²) in [6.07, 6.45) is -0.939. The van der Waals surface area contributed by atoms with Crippen LogP contribution in [0.15, 0.2) is 23.1 Å². The van der Waals surface area contributed by atoms with Gasteiger partial charge in [-0.15, -0.1) is 0 Å². The second-order valence-electron chi connectivity index (χ2n) is 3.37. The Morgan fingerprint density at radius 1 is 1.56 bits per heavy atom. The molecule has 0 saturated heterocycles. The van der Waals surface area contributed by atoms with E-state index in [0.717, 1.165) is 6.07 Å². The molecule has 0 aliphatic carbocycles. The monoisotopic (exact) mass is 288 g/mol. The van der Waals surface area contributed by atoms with E-state index in [1.165, 1.54) is 19.1 Å². The maximum absolute atomic E-state index is 11.6. The molecule has 0 bridgehead atoms. The lowest BCUT2D eigenvalue weighted by Crippen LogP contribution is -2.16. The maximum atomic E-state index is 11.6. The Morgan fingerprint density at radius 2 is 2.17 bits per heavy atom. The van der Waals surface area contributed by atoms with Gasteiger partial charge in [0.05, 0.1) is 10.6 Å². The fourth-order valence-corrected chi connectivity index (χ4v) is 2.17. The molecule has 0 amide bonds. The lowest BCUT2D eigenvalue weighted by molar-refractivity contribution is 0.0435. The van der Waals surface area contributed by atoms with Crippen molar-refractivity contribution in [2.24, 2.45) is 5.14 Å². The molecule has 6 nitrogen and oxygen atoms in total. The molecule has 0 radical (unpaired) electrons. The average molecular weight is 289 g/mol. The maximum Gasteiger partial charge on any atom is 0.339 e. The highest BCUT2D eigenvalue weighted by molar-refractivity contribution is 7.89. The zero-order valence-corrected chi connectivity index (χ0v) is 10.8. The normalized spacial score (nSPS) is 12.6. The third kappa shape index (κ3) is 3.43. The van der Waals surface area contributed by atoms with Gasteiger partial charge in [-0.3, -0.25) is 0 Å². The number of rotatable bonds is 3. The first kappa shape index (κ1) is 14.4. The number of nitriles is 1. The molecule has 1 aromatic rings. The minimum absolute atomic E-state index is 0.0504. The zero-order chi connectivity index (χ0) is 13.9. The first-order valence-electron chi connectivity index (χ1n) is 4.68. The molecule has 18 heavy (non-hydrogen) atoms. The van der Waals surface area contributed by atoms with Crippen molar-refractivity contribution in [1.82, 2.24) is 0 Å². The molecule has 0 aliphatic rings. The quantitative estimate of drug-likeness (QED) is 0.836. The number of sulfonamides is 1. The Morgan fingerprint density at radius 3 is 2.67 bits per heavy atom. The van der Waals surface area contributed by atoms with E-state index in [9.17, 15) is 13.2 Å². The summed E-state index contributed by atoms with van der Waals surface area (Å²) in [6.45, 7) is 1.38. The minimum atomic E-state index is -4.03. The van der Waals surface area contributed by atoms with E-state index in [-0.39, 0.29) is 15.5 Å². The topological polar surface area (TPSA) is 110 Å². The Labute approximate surface area is 109 Å². The van der Waals surface area contributed by atoms with Crippen LogP contribution in [0.4, 0.5) is 0 Å². The third-order valence-corrected chi connectivity index (χ3v) is 3.33. The van der Waals surface area contributed by atoms with Crippen molar-refractivity contribution >= 4 is 27.6 Å². The molecule has 1 aromatic carbocycles. The van der Waals surface area contributed by atoms with Crippen LogP contribution in [-0.4, -0.2) is 20.5 Å². The van der Waals surface area contributed by atoms with E-state index in [4.69, 9.17) is 26.7 Å². The van der Waals surface area contributed by atoms with E-state index in [0.29, 0.717) is 0 Å². The van der Waals surface area contributed by atoms with E-state index < -0.39 is 22.1 Å². The number of carbonyl (C=O) groups is 1. The van der Waals surface area contributed by atoms with Gasteiger partial charge in [-0.1, -0.05) is 11.6 Å². The molecule has 2 N–H and O–H groups in total. The van der Waals surface area contributed by atoms with Crippen LogP contribution >= 0.6 is 11.6 Å². The molecule has 1 rings (SSSR count). The van der Waals surface area contributed by atoms with Crippen molar-refractivity contribution in [2.75, 3.05) is 0 Å². The number of esters is 1. The van der Waals surface area contributed by atoms with E-state index >= 15 is 0 Å². The summed E-state index contributed by atoms with van der Waals surface area (Å²) < 4.78 is 27.1. The Balaban J connectivity index is 3.15. The highest BCUT2D eigenvalue weighted by Gasteiger charge is 2.18. The van der Waals surface area contributed by atoms with Gasteiger partial charge in [0, 0.05) is 0 Å². The summed E-state index contributed by atoms with van der Waals surface area (Å²) in [5.74, 6) is -0.828. The van der Waals surface area contributed by atoms with Gasteiger partial charge >= 0.3 is 5.97 Å². The highest BCUT2D eigenvalue weighted by Crippen LogP contribution is 2.22. The molecule has 96 valence electrons. The number of halogens is 1. The largest absolute Gasteiger partial charge is 0.444 e. The fraction of sp³-hybridized carbons (Fsp3) is 0.200. The van der Waals surface area contributed by atoms with Crippen molar-refractivity contribution < 1.29 is 17.9 Å². The molecular weight excluding hydrogens is 280 g/mol. The van der Waals surface area contributed by atoms with Crippen LogP contribution in [-0.2, 0) is 14.8 Å². The molecule has 0 unspecified atom stereocenters. The highest BCUT2D eigenvalue weighted by atomic mass is 35.5. The van der Waals surface area contributed by atoms with Gasteiger partial charge in [0.25, 0.3) is 0 Å². The third-order valence-electron chi connectivity index (χ3n) is 1.94. The van der Waals surface area contributed by atoms with Crippen LogP contribution in [0.5, 0.6) is 0 Å². The Kier molecular flexibility index (Phi) is 4.29. The molecule has 0 saturated carbocycles. The molecule has 0 aliphatic heterocycles. The minimum Gasteiger partial charge on any atom is -0.444 e. The van der Waals surface area contributed by atoms with E-state index in [1.807, 2.05) is 0 Å². The van der Waals surface area contributed by atoms with Crippen molar-refractivity contribution in [1.29, 1.82) is 5.26 Å². The van der Waals surface area contributed by atoms with E-state index in [1.54, 1.807) is 6.07 Å². The number of nitrogens with zero attached hydrogens (tertiary/aromatic N) is 1. The first-order chi connectivity index (χ1) is 8.25. The van der Waals surface area contributed by atoms with Gasteiger partial charge in [0.2, 0.25) is 10.0 Å². The van der Waals surface area contributed by atoms with Gasteiger partial charge < -0.3 is 4.74 Å². The van der Waals surface area contributed by atoms with Gasteiger partial charge in [-0.2, -0.15) is 5.26 Å². The predicted molar refractivity (Wildman–Crippen MR) is 63.3 cm³/mol. The van der Waals surface area contributed by atoms with Gasteiger partial charge in [0.15, 0.2) is 6.10 Å². The number of nitrogens with two attached hydrogens (primary N) is 1. The molecule has 8 heteroatoms. The van der Waals surface area contributed by atoms with Crippen LogP contribution in [0, 0.1) is 11.3 Å². The summed E-state index contributed by atoms with van der Waals surface area (Å²) in [4.78, 5) is 11.2. The van der Waals surface area contributed by atoms with Crippen molar-refractivity contribution in [3.63, 3.8) is 0 Å². The SMILES string of the molecule is C[C@@H](C#N)OC(=O)c1ccc(Cl)c(S(N)(=O)=O)c1. The molecule has 0 aromatic heterocycles. The smallest absolute Gasteiger partial charge is 0.339 e. The fourth-order valence-electron chi connectivity index (χ4n) is 1.10. The Bertz CT molecular complexity index is 621. The molecular formula is C10H9ClN2O4S. The van der Waals surface area contributed by atoms with Crippen LogP contribution in [0.2, 0.25) is 5.02 Å². The molecule has 1 atom stereocenters. The summed E-state index contributed by atoms with van der Waals surface area (Å²) in [5.41, 5.74) is -0.0504. The van der Waals surface area contributed by atoms with Crippen molar-refractivity contribution in [3.05, 3.63) is 28.8 Å². The van der Waals surface area contributed by atoms with Crippen molar-refractivity contribution in [3.8, 4) is 6.07 Å². The second kappa shape index (κ2) is 5.35. The van der Waals surface area contributed by atoms with Gasteiger partial charge in [-0.25, -0.2) is 18.4 Å². The van der Waals surface area contributed by atoms with Crippen molar-refractivity contribution in [2.45, 2.75) is 17.9 Å². The summed E-state index contributed by atoms with van der Waals surface area (Å²) in [7, 11) is -4.03. The number of hydrogen-bond donors (Lipinski definition) is 1. The van der Waals surface area contributed by atoms with Gasteiger partial charge in [-0.05, 0) is 25.1 Å². The Hall–Kier alpha value is -1.62. The number of carbonyl (C=O) groups excluding carboxylic acids is 1. The number of primary sulfonamides is 1. The standard InChI is InChI=1S/C10H9ClN2O4S/c1-6(5-12)17-10(14)7-2-3-8(11)9(4-7)18(13,15)16/h2-4,6H,1H3,(H2,13,15,16)/t6-/m0/s1. The van der Waals surface area contributed by atoms with Crippen LogP contribution in [0.1, 0.15) is 17.3 Å². The van der Waals surface area contributed by atoms with Crippen LogP contribution < -0.4 is 5.14 Å². The predicted octanol–water partition coefficient (Wildman–Crippen LogP) is 1.06. The molecule has 0 heterocycles. The van der Waals surface area contributed by atoms with Gasteiger partial charge in [0.1, 0.15) is 11.0 Å². The second-order valence-corrected chi connectivity index (χ2v) is 5.30. The lowest BCUT2D eigenvalue weighted by atomic mass is 10.2. The van der Waals surface area contributed by atoms with Crippen LogP contribution in [0.3, 0.4) is 0 Å². The summed E-state index contributed by atoms with van der Waals surface area (Å²) in [6, 6.07) is 5.21. The number of hydrogen-bond acceptors (Lipinski definition) is 5.